The molecular formula is C24H25N3O4S. The fourth-order valence-corrected chi connectivity index (χ4v) is 5.27. The van der Waals surface area contributed by atoms with Crippen LogP contribution in [0.15, 0.2) is 53.1 Å². The molecule has 1 atom stereocenters. The number of benzene rings is 2. The number of fused-ring (bicyclic) bond motifs is 1. The summed E-state index contributed by atoms with van der Waals surface area (Å²) < 4.78 is 16.4. The van der Waals surface area contributed by atoms with E-state index in [9.17, 15) is 10.1 Å². The summed E-state index contributed by atoms with van der Waals surface area (Å²) in [5.74, 6) is 1.84. The lowest BCUT2D eigenvalue weighted by Gasteiger charge is -2.41. The summed E-state index contributed by atoms with van der Waals surface area (Å²) in [6.45, 7) is 1.23. The van der Waals surface area contributed by atoms with E-state index in [4.69, 9.17) is 14.2 Å². The molecule has 1 saturated heterocycles. The highest BCUT2D eigenvalue weighted by Gasteiger charge is 2.38. The van der Waals surface area contributed by atoms with Crippen LogP contribution in [-0.4, -0.2) is 49.6 Å². The predicted molar refractivity (Wildman–Crippen MR) is 122 cm³/mol. The van der Waals surface area contributed by atoms with Gasteiger partial charge in [0.15, 0.2) is 11.5 Å². The molecule has 0 aromatic heterocycles. The van der Waals surface area contributed by atoms with Crippen LogP contribution in [0.2, 0.25) is 0 Å². The van der Waals surface area contributed by atoms with Gasteiger partial charge in [-0.05, 0) is 23.3 Å². The Hall–Kier alpha value is -3.15. The summed E-state index contributed by atoms with van der Waals surface area (Å²) >= 11 is 1.54. The van der Waals surface area contributed by atoms with Gasteiger partial charge in [0.25, 0.3) is 0 Å². The summed E-state index contributed by atoms with van der Waals surface area (Å²) in [6, 6.07) is 16.2. The minimum absolute atomic E-state index is 0.00279. The second-order valence-corrected chi connectivity index (χ2v) is 8.53. The first-order valence-electron chi connectivity index (χ1n) is 10.2. The molecule has 1 fully saturated rings. The zero-order valence-electron chi connectivity index (χ0n) is 18.3. The molecule has 7 nitrogen and oxygen atoms in total. The minimum Gasteiger partial charge on any atom is -0.493 e. The number of nitriles is 1. The molecule has 0 aliphatic carbocycles. The summed E-state index contributed by atoms with van der Waals surface area (Å²) in [5, 5.41) is 10.8. The lowest BCUT2D eigenvalue weighted by Crippen LogP contribution is -2.46. The molecule has 0 bridgehead atoms. The van der Waals surface area contributed by atoms with Gasteiger partial charge in [-0.2, -0.15) is 5.26 Å². The molecule has 2 aliphatic heterocycles. The number of allylic oxidation sites excluding steroid dienone is 1. The van der Waals surface area contributed by atoms with E-state index in [1.54, 1.807) is 26.2 Å². The van der Waals surface area contributed by atoms with E-state index in [1.807, 2.05) is 30.3 Å². The smallest absolute Gasteiger partial charge is 0.229 e. The number of rotatable bonds is 6. The summed E-state index contributed by atoms with van der Waals surface area (Å²) in [5.41, 5.74) is 2.59. The van der Waals surface area contributed by atoms with Crippen LogP contribution < -0.4 is 14.2 Å². The molecule has 166 valence electrons. The number of methoxy groups -OCH3 is 3. The highest BCUT2D eigenvalue weighted by Crippen LogP contribution is 2.46. The number of carbonyl (C=O) groups is 1. The van der Waals surface area contributed by atoms with Gasteiger partial charge in [-0.25, -0.2) is 0 Å². The van der Waals surface area contributed by atoms with Crippen molar-refractivity contribution in [3.05, 3.63) is 64.2 Å². The Morgan fingerprint density at radius 3 is 2.38 bits per heavy atom. The second-order valence-electron chi connectivity index (χ2n) is 7.60. The van der Waals surface area contributed by atoms with Gasteiger partial charge in [-0.1, -0.05) is 42.1 Å². The second kappa shape index (κ2) is 9.55. The fourth-order valence-electron chi connectivity index (χ4n) is 4.14. The van der Waals surface area contributed by atoms with Gasteiger partial charge in [0.2, 0.25) is 11.7 Å². The topological polar surface area (TPSA) is 75.0 Å². The molecule has 2 aromatic rings. The van der Waals surface area contributed by atoms with Gasteiger partial charge in [0.1, 0.15) is 0 Å². The fraction of sp³-hybridized carbons (Fsp3) is 0.333. The summed E-state index contributed by atoms with van der Waals surface area (Å²) in [4.78, 5) is 17.1. The summed E-state index contributed by atoms with van der Waals surface area (Å²) in [7, 11) is 4.65. The van der Waals surface area contributed by atoms with Gasteiger partial charge >= 0.3 is 0 Å². The Morgan fingerprint density at radius 2 is 1.78 bits per heavy atom. The zero-order chi connectivity index (χ0) is 22.7. The lowest BCUT2D eigenvalue weighted by molar-refractivity contribution is -0.131. The van der Waals surface area contributed by atoms with Crippen LogP contribution in [0.3, 0.4) is 0 Å². The molecule has 0 spiro atoms. The van der Waals surface area contributed by atoms with Crippen LogP contribution in [0.5, 0.6) is 17.2 Å². The molecular weight excluding hydrogens is 426 g/mol. The average molecular weight is 452 g/mol. The first-order chi connectivity index (χ1) is 15.6. The van der Waals surface area contributed by atoms with Crippen LogP contribution in [0.4, 0.5) is 0 Å². The Balaban J connectivity index is 1.65. The number of nitrogens with zero attached hydrogens (tertiary/aromatic N) is 3. The van der Waals surface area contributed by atoms with E-state index in [1.165, 1.54) is 17.3 Å². The molecule has 0 saturated carbocycles. The van der Waals surface area contributed by atoms with Crippen LogP contribution in [0, 0.1) is 11.3 Å². The maximum Gasteiger partial charge on any atom is 0.229 e. The van der Waals surface area contributed by atoms with Crippen molar-refractivity contribution in [3.63, 3.8) is 0 Å². The van der Waals surface area contributed by atoms with Gasteiger partial charge in [0, 0.05) is 18.9 Å². The number of hydrogen-bond donors (Lipinski definition) is 0. The van der Waals surface area contributed by atoms with E-state index in [-0.39, 0.29) is 18.2 Å². The Bertz CT molecular complexity index is 1060. The van der Waals surface area contributed by atoms with E-state index < -0.39 is 0 Å². The van der Waals surface area contributed by atoms with E-state index in [0.29, 0.717) is 35.4 Å². The number of hydrogen-bond acceptors (Lipinski definition) is 7. The average Bonchev–Trinajstić information content (AvgIpc) is 2.83. The number of amides is 1. The third-order valence-corrected chi connectivity index (χ3v) is 6.90. The number of carbonyl (C=O) groups excluding carboxylic acids is 1. The molecule has 2 aromatic carbocycles. The molecule has 0 N–H and O–H groups in total. The third kappa shape index (κ3) is 4.14. The molecule has 4 rings (SSSR count). The van der Waals surface area contributed by atoms with Crippen LogP contribution in [-0.2, 0) is 11.3 Å². The van der Waals surface area contributed by atoms with E-state index in [0.717, 1.165) is 17.1 Å². The Morgan fingerprint density at radius 1 is 1.09 bits per heavy atom. The normalized spacial score (nSPS) is 18.8. The highest BCUT2D eigenvalue weighted by molar-refractivity contribution is 8.03. The zero-order valence-corrected chi connectivity index (χ0v) is 19.1. The van der Waals surface area contributed by atoms with Crippen molar-refractivity contribution in [2.24, 2.45) is 0 Å². The Kier molecular flexibility index (Phi) is 6.58. The molecule has 8 heteroatoms. The SMILES string of the molecule is COc1cc([C@@H]2CC(=O)N3CN(Cc4ccccc4)CSC3=C2C#N)cc(OC)c1OC. The lowest BCUT2D eigenvalue weighted by atomic mass is 9.86. The van der Waals surface area contributed by atoms with Crippen LogP contribution in [0.25, 0.3) is 0 Å². The van der Waals surface area contributed by atoms with Gasteiger partial charge in [0.05, 0.1) is 50.5 Å². The van der Waals surface area contributed by atoms with Crippen LogP contribution in [0.1, 0.15) is 23.5 Å². The monoisotopic (exact) mass is 451 g/mol. The van der Waals surface area contributed by atoms with Gasteiger partial charge in [-0.15, -0.1) is 0 Å². The van der Waals surface area contributed by atoms with Crippen molar-refractivity contribution >= 4 is 17.7 Å². The van der Waals surface area contributed by atoms with Crippen molar-refractivity contribution in [3.8, 4) is 23.3 Å². The van der Waals surface area contributed by atoms with Gasteiger partial charge in [-0.3, -0.25) is 14.6 Å². The largest absolute Gasteiger partial charge is 0.493 e. The quantitative estimate of drug-likeness (QED) is 0.659. The van der Waals surface area contributed by atoms with E-state index >= 15 is 0 Å². The van der Waals surface area contributed by atoms with Gasteiger partial charge < -0.3 is 14.2 Å². The van der Waals surface area contributed by atoms with Crippen molar-refractivity contribution in [1.29, 1.82) is 5.26 Å². The molecule has 2 heterocycles. The maximum absolute atomic E-state index is 13.2. The van der Waals surface area contributed by atoms with Crippen LogP contribution >= 0.6 is 11.8 Å². The first kappa shape index (κ1) is 22.1. The predicted octanol–water partition coefficient (Wildman–Crippen LogP) is 3.93. The van der Waals surface area contributed by atoms with Crippen molar-refractivity contribution in [2.45, 2.75) is 18.9 Å². The standard InChI is InChI=1S/C24H25N3O4S/c1-29-20-9-17(10-21(30-2)23(20)31-3)18-11-22(28)27-14-26(13-16-7-5-4-6-8-16)15-32-24(27)19(18)12-25/h4-10,18H,11,13-15H2,1-3H3/t18-/m0/s1. The van der Waals surface area contributed by atoms with Crippen molar-refractivity contribution in [1.82, 2.24) is 9.80 Å². The summed E-state index contributed by atoms with van der Waals surface area (Å²) in [6.07, 6.45) is 0.213. The van der Waals surface area contributed by atoms with Crippen molar-refractivity contribution < 1.29 is 19.0 Å². The highest BCUT2D eigenvalue weighted by atomic mass is 32.2. The maximum atomic E-state index is 13.2. The van der Waals surface area contributed by atoms with E-state index in [2.05, 4.69) is 23.1 Å². The molecule has 2 aliphatic rings. The number of ether oxygens (including phenoxy) is 3. The molecule has 0 unspecified atom stereocenters. The third-order valence-electron chi connectivity index (χ3n) is 5.69. The molecule has 32 heavy (non-hydrogen) atoms. The molecule has 1 amide bonds. The first-order valence-corrected chi connectivity index (χ1v) is 11.2. The van der Waals surface area contributed by atoms with Crippen molar-refractivity contribution in [2.75, 3.05) is 33.9 Å². The Labute approximate surface area is 192 Å². The minimum atomic E-state index is -0.361. The molecule has 0 radical (unpaired) electrons. The number of thioether (sulfide) groups is 1.